The van der Waals surface area contributed by atoms with Gasteiger partial charge in [0.05, 0.1) is 11.4 Å². The summed E-state index contributed by atoms with van der Waals surface area (Å²) in [7, 11) is 0. The molecule has 0 saturated carbocycles. The highest BCUT2D eigenvalue weighted by Gasteiger charge is 2.17. The minimum Gasteiger partial charge on any atom is -0.348 e. The minimum atomic E-state index is -0.315. The zero-order valence-corrected chi connectivity index (χ0v) is 15.9. The molecule has 3 rings (SSSR count). The van der Waals surface area contributed by atoms with Gasteiger partial charge in [-0.15, -0.1) is 11.3 Å². The van der Waals surface area contributed by atoms with Gasteiger partial charge < -0.3 is 5.32 Å². The van der Waals surface area contributed by atoms with Crippen molar-refractivity contribution in [1.29, 1.82) is 0 Å². The fraction of sp³-hybridized carbons (Fsp3) is 0.0952. The number of hydrogen-bond donors (Lipinski definition) is 1. The molecule has 142 valence electrons. The zero-order chi connectivity index (χ0) is 19.9. The summed E-state index contributed by atoms with van der Waals surface area (Å²) in [6.45, 7) is 1.78. The molecule has 2 amide bonds. The number of carbonyl (C=O) groups excluding carboxylic acids is 2. The van der Waals surface area contributed by atoms with Crippen LogP contribution in [0.15, 0.2) is 66.1 Å². The molecule has 1 N–H and O–H groups in total. The molecule has 0 spiro atoms. The van der Waals surface area contributed by atoms with E-state index in [9.17, 15) is 14.0 Å². The summed E-state index contributed by atoms with van der Waals surface area (Å²) in [5, 5.41) is 5.03. The Kier molecular flexibility index (Phi) is 6.29. The lowest BCUT2D eigenvalue weighted by Gasteiger charge is -2.17. The van der Waals surface area contributed by atoms with Crippen molar-refractivity contribution in [3.05, 3.63) is 83.1 Å². The van der Waals surface area contributed by atoms with Gasteiger partial charge in [0, 0.05) is 24.9 Å². The van der Waals surface area contributed by atoms with Crippen LogP contribution in [0.25, 0.3) is 6.08 Å². The summed E-state index contributed by atoms with van der Waals surface area (Å²) in [6.07, 6.45) is 2.96. The molecule has 0 saturated heterocycles. The summed E-state index contributed by atoms with van der Waals surface area (Å²) >= 11 is 1.32. The molecule has 0 atom stereocenters. The highest BCUT2D eigenvalue weighted by atomic mass is 32.1. The van der Waals surface area contributed by atoms with E-state index < -0.39 is 0 Å². The fourth-order valence-corrected chi connectivity index (χ4v) is 3.33. The van der Waals surface area contributed by atoms with Gasteiger partial charge in [0.15, 0.2) is 5.13 Å². The van der Waals surface area contributed by atoms with E-state index in [2.05, 4.69) is 10.3 Å². The molecule has 3 aromatic rings. The number of carbonyl (C=O) groups is 2. The Balaban J connectivity index is 1.63. The highest BCUT2D eigenvalue weighted by molar-refractivity contribution is 7.14. The van der Waals surface area contributed by atoms with E-state index in [0.29, 0.717) is 17.4 Å². The molecule has 0 aliphatic heterocycles. The third-order valence-electron chi connectivity index (χ3n) is 3.82. The van der Waals surface area contributed by atoms with Gasteiger partial charge in [-0.2, -0.15) is 0 Å². The maximum absolute atomic E-state index is 12.9. The smallest absolute Gasteiger partial charge is 0.244 e. The van der Waals surface area contributed by atoms with Crippen LogP contribution in [-0.4, -0.2) is 16.8 Å². The van der Waals surface area contributed by atoms with E-state index in [4.69, 9.17) is 0 Å². The van der Waals surface area contributed by atoms with Crippen molar-refractivity contribution in [2.75, 3.05) is 4.90 Å². The molecule has 5 nitrogen and oxygen atoms in total. The van der Waals surface area contributed by atoms with Crippen LogP contribution in [0.2, 0.25) is 0 Å². The molecule has 28 heavy (non-hydrogen) atoms. The average molecular weight is 395 g/mol. The first-order chi connectivity index (χ1) is 13.5. The summed E-state index contributed by atoms with van der Waals surface area (Å²) in [5.74, 6) is -0.747. The maximum atomic E-state index is 12.9. The molecular weight excluding hydrogens is 377 g/mol. The number of aromatic nitrogens is 1. The molecule has 0 fully saturated rings. The Bertz CT molecular complexity index is 984. The molecule has 0 bridgehead atoms. The van der Waals surface area contributed by atoms with E-state index in [-0.39, 0.29) is 17.6 Å². The van der Waals surface area contributed by atoms with Gasteiger partial charge in [-0.3, -0.25) is 14.5 Å². The Hall–Kier alpha value is -3.32. The van der Waals surface area contributed by atoms with Gasteiger partial charge in [0.2, 0.25) is 11.8 Å². The molecule has 0 radical (unpaired) electrons. The normalized spacial score (nSPS) is 10.8. The van der Waals surface area contributed by atoms with Crippen molar-refractivity contribution in [3.8, 4) is 0 Å². The first-order valence-electron chi connectivity index (χ1n) is 8.54. The van der Waals surface area contributed by atoms with Crippen LogP contribution in [-0.2, 0) is 16.1 Å². The lowest BCUT2D eigenvalue weighted by atomic mass is 10.2. The van der Waals surface area contributed by atoms with Crippen LogP contribution in [0, 0.1) is 5.82 Å². The number of nitrogens with one attached hydrogen (secondary N) is 1. The molecule has 7 heteroatoms. The maximum Gasteiger partial charge on any atom is 0.244 e. The number of para-hydroxylation sites is 1. The van der Waals surface area contributed by atoms with E-state index in [1.807, 2.05) is 30.3 Å². The standard InChI is InChI=1S/C21H18FN3O2S/c1-15(26)25(19-5-3-2-4-6-19)21-24-18(14-28-21)11-12-20(27)23-13-16-7-9-17(22)10-8-16/h2-12,14H,13H2,1H3,(H,23,27)/b12-11+. The third kappa shape index (κ3) is 5.11. The van der Waals surface area contributed by atoms with Gasteiger partial charge in [-0.25, -0.2) is 9.37 Å². The largest absolute Gasteiger partial charge is 0.348 e. The molecule has 1 aromatic heterocycles. The second-order valence-electron chi connectivity index (χ2n) is 5.92. The molecule has 0 aliphatic carbocycles. The van der Waals surface area contributed by atoms with Gasteiger partial charge in [-0.1, -0.05) is 30.3 Å². The third-order valence-corrected chi connectivity index (χ3v) is 4.66. The van der Waals surface area contributed by atoms with Crippen LogP contribution < -0.4 is 10.2 Å². The molecule has 2 aromatic carbocycles. The van der Waals surface area contributed by atoms with Crippen molar-refractivity contribution < 1.29 is 14.0 Å². The van der Waals surface area contributed by atoms with Gasteiger partial charge in [-0.05, 0) is 35.9 Å². The SMILES string of the molecule is CC(=O)N(c1ccccc1)c1nc(/C=C/C(=O)NCc2ccc(F)cc2)cs1. The van der Waals surface area contributed by atoms with E-state index in [1.54, 1.807) is 23.6 Å². The number of thiazole rings is 1. The second-order valence-corrected chi connectivity index (χ2v) is 6.76. The first-order valence-corrected chi connectivity index (χ1v) is 9.42. The zero-order valence-electron chi connectivity index (χ0n) is 15.1. The van der Waals surface area contributed by atoms with Crippen molar-refractivity contribution >= 4 is 40.0 Å². The first kappa shape index (κ1) is 19.4. The van der Waals surface area contributed by atoms with Crippen LogP contribution in [0.1, 0.15) is 18.2 Å². The summed E-state index contributed by atoms with van der Waals surface area (Å²) in [4.78, 5) is 30.0. The molecule has 0 aliphatic rings. The number of rotatable bonds is 6. The van der Waals surface area contributed by atoms with Gasteiger partial charge >= 0.3 is 0 Å². The van der Waals surface area contributed by atoms with E-state index >= 15 is 0 Å². The lowest BCUT2D eigenvalue weighted by Crippen LogP contribution is -2.22. The Morgan fingerprint density at radius 1 is 1.14 bits per heavy atom. The van der Waals surface area contributed by atoms with Crippen molar-refractivity contribution in [2.24, 2.45) is 0 Å². The van der Waals surface area contributed by atoms with Crippen molar-refractivity contribution in [3.63, 3.8) is 0 Å². The minimum absolute atomic E-state index is 0.145. The molecule has 0 unspecified atom stereocenters. The van der Waals surface area contributed by atoms with Crippen LogP contribution >= 0.6 is 11.3 Å². The number of halogens is 1. The summed E-state index contributed by atoms with van der Waals surface area (Å²) in [5.41, 5.74) is 2.12. The molecular formula is C21H18FN3O2S. The van der Waals surface area contributed by atoms with Crippen molar-refractivity contribution in [1.82, 2.24) is 10.3 Å². The van der Waals surface area contributed by atoms with Crippen LogP contribution in [0.4, 0.5) is 15.2 Å². The quantitative estimate of drug-likeness (QED) is 0.633. The Morgan fingerprint density at radius 2 is 1.86 bits per heavy atom. The van der Waals surface area contributed by atoms with Crippen LogP contribution in [0.5, 0.6) is 0 Å². The van der Waals surface area contributed by atoms with E-state index in [0.717, 1.165) is 11.3 Å². The number of amides is 2. The predicted octanol–water partition coefficient (Wildman–Crippen LogP) is 4.30. The predicted molar refractivity (Wildman–Crippen MR) is 109 cm³/mol. The lowest BCUT2D eigenvalue weighted by molar-refractivity contribution is -0.117. The van der Waals surface area contributed by atoms with Crippen molar-refractivity contribution in [2.45, 2.75) is 13.5 Å². The molecule has 1 heterocycles. The highest BCUT2D eigenvalue weighted by Crippen LogP contribution is 2.28. The van der Waals surface area contributed by atoms with Gasteiger partial charge in [0.25, 0.3) is 0 Å². The van der Waals surface area contributed by atoms with Crippen LogP contribution in [0.3, 0.4) is 0 Å². The summed E-state index contributed by atoms with van der Waals surface area (Å²) < 4.78 is 12.9. The Morgan fingerprint density at radius 3 is 2.54 bits per heavy atom. The number of benzene rings is 2. The monoisotopic (exact) mass is 395 g/mol. The van der Waals surface area contributed by atoms with E-state index in [1.165, 1.54) is 41.4 Å². The number of nitrogens with zero attached hydrogens (tertiary/aromatic N) is 2. The number of anilines is 2. The number of hydrogen-bond acceptors (Lipinski definition) is 4. The topological polar surface area (TPSA) is 62.3 Å². The Labute approximate surface area is 166 Å². The van der Waals surface area contributed by atoms with Gasteiger partial charge in [0.1, 0.15) is 5.82 Å². The fourth-order valence-electron chi connectivity index (χ4n) is 2.47. The summed E-state index contributed by atoms with van der Waals surface area (Å²) in [6, 6.07) is 15.2. The average Bonchev–Trinajstić information content (AvgIpc) is 3.15. The second kappa shape index (κ2) is 9.05.